The summed E-state index contributed by atoms with van der Waals surface area (Å²) in [7, 11) is 1.81. The van der Waals surface area contributed by atoms with E-state index in [1.54, 1.807) is 0 Å². The molecule has 2 atom stereocenters. The molecule has 0 aromatic heterocycles. The Morgan fingerprint density at radius 1 is 1.22 bits per heavy atom. The Morgan fingerprint density at radius 2 is 1.94 bits per heavy atom. The van der Waals surface area contributed by atoms with Gasteiger partial charge in [0.05, 0.1) is 0 Å². The van der Waals surface area contributed by atoms with Gasteiger partial charge in [0.25, 0.3) is 0 Å². The fourth-order valence-corrected chi connectivity index (χ4v) is 3.61. The molecule has 2 unspecified atom stereocenters. The lowest BCUT2D eigenvalue weighted by Crippen LogP contribution is -2.43. The maximum absolute atomic E-state index is 5.23. The van der Waals surface area contributed by atoms with E-state index in [1.807, 2.05) is 7.11 Å². The van der Waals surface area contributed by atoms with Crippen molar-refractivity contribution in [3.63, 3.8) is 0 Å². The quantitative estimate of drug-likeness (QED) is 0.781. The molecule has 1 N–H and O–H groups in total. The van der Waals surface area contributed by atoms with Crippen molar-refractivity contribution in [2.75, 3.05) is 20.3 Å². The summed E-state index contributed by atoms with van der Waals surface area (Å²) in [6, 6.07) is 0.748. The van der Waals surface area contributed by atoms with Crippen LogP contribution in [0.1, 0.15) is 59.3 Å². The molecule has 0 saturated heterocycles. The van der Waals surface area contributed by atoms with E-state index in [-0.39, 0.29) is 0 Å². The van der Waals surface area contributed by atoms with Gasteiger partial charge in [0, 0.05) is 26.3 Å². The van der Waals surface area contributed by atoms with Crippen LogP contribution in [0.25, 0.3) is 0 Å². The molecule has 0 amide bonds. The van der Waals surface area contributed by atoms with Crippen LogP contribution in [0.4, 0.5) is 0 Å². The molecule has 2 rings (SSSR count). The average molecular weight is 253 g/mol. The number of hydrogen-bond donors (Lipinski definition) is 1. The maximum atomic E-state index is 5.23. The molecule has 0 spiro atoms. The molecular formula is C16H31NO. The predicted octanol–water partition coefficient (Wildman–Crippen LogP) is 3.61. The molecule has 0 aromatic rings. The Labute approximate surface area is 113 Å². The third-order valence-corrected chi connectivity index (χ3v) is 5.23. The fourth-order valence-electron chi connectivity index (χ4n) is 3.61. The van der Waals surface area contributed by atoms with Crippen LogP contribution >= 0.6 is 0 Å². The monoisotopic (exact) mass is 253 g/mol. The highest BCUT2D eigenvalue weighted by Gasteiger charge is 2.42. The molecule has 2 aliphatic rings. The second kappa shape index (κ2) is 5.50. The first-order chi connectivity index (χ1) is 8.46. The highest BCUT2D eigenvalue weighted by Crippen LogP contribution is 2.48. The van der Waals surface area contributed by atoms with Crippen LogP contribution in [0.2, 0.25) is 0 Å². The van der Waals surface area contributed by atoms with Crippen LogP contribution < -0.4 is 5.32 Å². The Morgan fingerprint density at radius 3 is 2.50 bits per heavy atom. The summed E-state index contributed by atoms with van der Waals surface area (Å²) in [6.45, 7) is 9.40. The van der Waals surface area contributed by atoms with Crippen LogP contribution in [0.3, 0.4) is 0 Å². The van der Waals surface area contributed by atoms with E-state index < -0.39 is 0 Å². The van der Waals surface area contributed by atoms with E-state index in [0.717, 1.165) is 18.6 Å². The van der Waals surface area contributed by atoms with Crippen LogP contribution in [-0.2, 0) is 4.74 Å². The van der Waals surface area contributed by atoms with Crippen molar-refractivity contribution in [2.45, 2.75) is 65.3 Å². The highest BCUT2D eigenvalue weighted by atomic mass is 16.5. The molecule has 0 aliphatic heterocycles. The molecular weight excluding hydrogens is 222 g/mol. The van der Waals surface area contributed by atoms with E-state index in [2.05, 4.69) is 26.1 Å². The smallest absolute Gasteiger partial charge is 0.0468 e. The maximum Gasteiger partial charge on any atom is 0.0468 e. The van der Waals surface area contributed by atoms with Crippen molar-refractivity contribution in [2.24, 2.45) is 16.7 Å². The zero-order valence-electron chi connectivity index (χ0n) is 12.7. The molecule has 18 heavy (non-hydrogen) atoms. The number of ether oxygens (including phenoxy) is 1. The minimum absolute atomic E-state index is 0.560. The van der Waals surface area contributed by atoms with E-state index >= 15 is 0 Å². The Hall–Kier alpha value is -0.0800. The van der Waals surface area contributed by atoms with Crippen LogP contribution in [0.5, 0.6) is 0 Å². The van der Waals surface area contributed by atoms with Crippen molar-refractivity contribution in [3.05, 3.63) is 0 Å². The molecule has 0 bridgehead atoms. The van der Waals surface area contributed by atoms with Crippen molar-refractivity contribution < 1.29 is 4.74 Å². The predicted molar refractivity (Wildman–Crippen MR) is 76.7 cm³/mol. The normalized spacial score (nSPS) is 33.3. The SMILES string of the molecule is COCCC1(CNC2CCC(C)(C)CC2C)CC1. The molecule has 0 heterocycles. The van der Waals surface area contributed by atoms with Gasteiger partial charge in [-0.1, -0.05) is 20.8 Å². The van der Waals surface area contributed by atoms with Crippen LogP contribution in [-0.4, -0.2) is 26.3 Å². The summed E-state index contributed by atoms with van der Waals surface area (Å²) >= 11 is 0. The van der Waals surface area contributed by atoms with Crippen molar-refractivity contribution in [1.29, 1.82) is 0 Å². The van der Waals surface area contributed by atoms with Crippen LogP contribution in [0.15, 0.2) is 0 Å². The number of nitrogens with one attached hydrogen (secondary N) is 1. The van der Waals surface area contributed by atoms with Gasteiger partial charge in [-0.2, -0.15) is 0 Å². The summed E-state index contributed by atoms with van der Waals surface area (Å²) in [5.41, 5.74) is 1.15. The number of rotatable bonds is 6. The third kappa shape index (κ3) is 3.71. The molecule has 2 heteroatoms. The van der Waals surface area contributed by atoms with Crippen LogP contribution in [0, 0.1) is 16.7 Å². The first-order valence-corrected chi connectivity index (χ1v) is 7.69. The highest BCUT2D eigenvalue weighted by molar-refractivity contribution is 4.96. The summed E-state index contributed by atoms with van der Waals surface area (Å²) < 4.78 is 5.23. The lowest BCUT2D eigenvalue weighted by molar-refractivity contribution is 0.137. The van der Waals surface area contributed by atoms with Gasteiger partial charge in [-0.25, -0.2) is 0 Å². The topological polar surface area (TPSA) is 21.3 Å². The lowest BCUT2D eigenvalue weighted by atomic mass is 9.70. The van der Waals surface area contributed by atoms with Crippen molar-refractivity contribution in [1.82, 2.24) is 5.32 Å². The Kier molecular flexibility index (Phi) is 4.38. The fraction of sp³-hybridized carbons (Fsp3) is 1.00. The largest absolute Gasteiger partial charge is 0.385 e. The molecule has 2 nitrogen and oxygen atoms in total. The summed E-state index contributed by atoms with van der Waals surface area (Å²) in [6.07, 6.45) is 8.14. The second-order valence-corrected chi connectivity index (χ2v) is 7.61. The van der Waals surface area contributed by atoms with Gasteiger partial charge >= 0.3 is 0 Å². The Bertz CT molecular complexity index is 270. The molecule has 2 fully saturated rings. The van der Waals surface area contributed by atoms with Crippen molar-refractivity contribution in [3.8, 4) is 0 Å². The molecule has 106 valence electrons. The van der Waals surface area contributed by atoms with Gasteiger partial charge in [-0.05, 0) is 55.3 Å². The zero-order chi connectivity index (χ0) is 13.2. The van der Waals surface area contributed by atoms with Gasteiger partial charge in [-0.3, -0.25) is 0 Å². The minimum Gasteiger partial charge on any atom is -0.385 e. The van der Waals surface area contributed by atoms with E-state index in [0.29, 0.717) is 10.8 Å². The van der Waals surface area contributed by atoms with Gasteiger partial charge in [0.1, 0.15) is 0 Å². The van der Waals surface area contributed by atoms with E-state index in [9.17, 15) is 0 Å². The first kappa shape index (κ1) is 14.3. The zero-order valence-corrected chi connectivity index (χ0v) is 12.7. The molecule has 0 aromatic carbocycles. The van der Waals surface area contributed by atoms with E-state index in [1.165, 1.54) is 45.1 Å². The summed E-state index contributed by atoms with van der Waals surface area (Å²) in [5.74, 6) is 0.826. The second-order valence-electron chi connectivity index (χ2n) is 7.61. The van der Waals surface area contributed by atoms with Crippen molar-refractivity contribution >= 4 is 0 Å². The lowest BCUT2D eigenvalue weighted by Gasteiger charge is -2.40. The number of hydrogen-bond acceptors (Lipinski definition) is 2. The average Bonchev–Trinajstić information content (AvgIpc) is 3.05. The minimum atomic E-state index is 0.560. The number of methoxy groups -OCH3 is 1. The van der Waals surface area contributed by atoms with Gasteiger partial charge < -0.3 is 10.1 Å². The molecule has 0 radical (unpaired) electrons. The van der Waals surface area contributed by atoms with Gasteiger partial charge in [0.15, 0.2) is 0 Å². The third-order valence-electron chi connectivity index (χ3n) is 5.23. The summed E-state index contributed by atoms with van der Waals surface area (Å²) in [5, 5.41) is 3.87. The standard InChI is InChI=1S/C16H31NO/c1-13-11-15(2,3)6-5-14(13)17-12-16(7-8-16)9-10-18-4/h13-14,17H,5-12H2,1-4H3. The summed E-state index contributed by atoms with van der Waals surface area (Å²) in [4.78, 5) is 0. The van der Waals surface area contributed by atoms with E-state index in [4.69, 9.17) is 4.74 Å². The van der Waals surface area contributed by atoms with Gasteiger partial charge in [-0.15, -0.1) is 0 Å². The Balaban J connectivity index is 1.74. The molecule has 2 aliphatic carbocycles. The van der Waals surface area contributed by atoms with Gasteiger partial charge in [0.2, 0.25) is 0 Å². The first-order valence-electron chi connectivity index (χ1n) is 7.69. The molecule has 2 saturated carbocycles.